The molecule has 0 aliphatic heterocycles. The van der Waals surface area contributed by atoms with E-state index < -0.39 is 0 Å². The predicted octanol–water partition coefficient (Wildman–Crippen LogP) is 12.8. The number of benzene rings is 3. The molecule has 42 heavy (non-hydrogen) atoms. The van der Waals surface area contributed by atoms with Crippen molar-refractivity contribution in [3.8, 4) is 5.75 Å². The number of aryl methyl sites for hydroxylation is 4. The number of fused-ring (bicyclic) bond motifs is 1. The third kappa shape index (κ3) is 15.1. The topological polar surface area (TPSA) is 9.23 Å². The van der Waals surface area contributed by atoms with Crippen LogP contribution in [0.3, 0.4) is 0 Å². The highest BCUT2D eigenvalue weighted by Gasteiger charge is 2.12. The summed E-state index contributed by atoms with van der Waals surface area (Å²) in [6.45, 7) is 4.57. The molecule has 0 fully saturated rings. The van der Waals surface area contributed by atoms with Gasteiger partial charge < -0.3 is 4.74 Å². The van der Waals surface area contributed by atoms with Gasteiger partial charge in [0, 0.05) is 8.95 Å². The molecule has 0 heterocycles. The van der Waals surface area contributed by atoms with Crippen molar-refractivity contribution in [1.82, 2.24) is 0 Å². The summed E-state index contributed by atoms with van der Waals surface area (Å²) < 4.78 is 8.03. The molecule has 0 saturated carbocycles. The van der Waals surface area contributed by atoms with Gasteiger partial charge in [-0.3, -0.25) is 0 Å². The first-order valence-corrected chi connectivity index (χ1v) is 18.1. The van der Waals surface area contributed by atoms with Gasteiger partial charge in [0.2, 0.25) is 0 Å². The molecule has 3 aromatic carbocycles. The van der Waals surface area contributed by atoms with Gasteiger partial charge in [-0.1, -0.05) is 126 Å². The lowest BCUT2D eigenvalue weighted by Crippen LogP contribution is -2.08. The average Bonchev–Trinajstić information content (AvgIpc) is 2.99. The molecule has 0 unspecified atom stereocenters. The Morgan fingerprint density at radius 2 is 1.05 bits per heavy atom. The van der Waals surface area contributed by atoms with Crippen LogP contribution in [0.2, 0.25) is 0 Å². The van der Waals surface area contributed by atoms with Crippen LogP contribution in [0.4, 0.5) is 0 Å². The van der Waals surface area contributed by atoms with E-state index in [-0.39, 0.29) is 0 Å². The van der Waals surface area contributed by atoms with Crippen molar-refractivity contribution in [3.63, 3.8) is 0 Å². The van der Waals surface area contributed by atoms with E-state index in [4.69, 9.17) is 4.74 Å². The van der Waals surface area contributed by atoms with E-state index in [1.165, 1.54) is 119 Å². The minimum Gasteiger partial charge on any atom is -0.494 e. The Morgan fingerprint density at radius 1 is 0.548 bits per heavy atom. The van der Waals surface area contributed by atoms with Gasteiger partial charge in [0.25, 0.3) is 0 Å². The number of halogens is 2. The van der Waals surface area contributed by atoms with Crippen LogP contribution in [0.15, 0.2) is 88.3 Å². The highest BCUT2D eigenvalue weighted by atomic mass is 79.9. The molecule has 0 N–H and O–H groups in total. The van der Waals surface area contributed by atoms with Gasteiger partial charge in [0.05, 0.1) is 6.61 Å². The molecule has 0 aromatic heterocycles. The van der Waals surface area contributed by atoms with Crippen LogP contribution in [0.25, 0.3) is 0 Å². The monoisotopic (exact) mass is 694 g/mol. The molecule has 0 atom stereocenters. The molecule has 0 amide bonds. The molecule has 4 rings (SSSR count). The van der Waals surface area contributed by atoms with Crippen LogP contribution in [-0.2, 0) is 25.7 Å². The first-order chi connectivity index (χ1) is 20.6. The largest absolute Gasteiger partial charge is 0.494 e. The van der Waals surface area contributed by atoms with Crippen molar-refractivity contribution in [2.75, 3.05) is 6.61 Å². The Kier molecular flexibility index (Phi) is 18.0. The summed E-state index contributed by atoms with van der Waals surface area (Å²) in [5.41, 5.74) is 6.19. The van der Waals surface area contributed by atoms with Crippen molar-refractivity contribution in [1.29, 1.82) is 0 Å². The molecular weight excluding hydrogens is 644 g/mol. The van der Waals surface area contributed by atoms with Gasteiger partial charge in [-0.15, -0.1) is 6.58 Å². The third-order valence-corrected chi connectivity index (χ3v) is 9.22. The van der Waals surface area contributed by atoms with E-state index in [0.717, 1.165) is 23.2 Å². The lowest BCUT2D eigenvalue weighted by molar-refractivity contribution is 0.304. The van der Waals surface area contributed by atoms with E-state index in [2.05, 4.69) is 80.9 Å². The maximum atomic E-state index is 5.76. The fraction of sp³-hybridized carbons (Fsp3) is 0.487. The highest BCUT2D eigenvalue weighted by molar-refractivity contribution is 9.10. The molecule has 1 aliphatic rings. The Bertz CT molecular complexity index is 1120. The zero-order valence-corrected chi connectivity index (χ0v) is 28.9. The smallest absolute Gasteiger partial charge is 0.119 e. The molecule has 1 nitrogen and oxygen atoms in total. The standard InChI is InChI=1S/C24H31BrO.C15H21Br/c25-23-14-16-24(17-15-23)26-18-8-6-4-2-1-3-5-7-9-20-10-11-21-12-13-22(21)19-20;1-2-3-4-5-6-7-8-9-14-10-12-15(16)13-11-14/h10-11,14-17,19H,1-9,12-13,18H2;2,10-13H,1,3-9H2. The van der Waals surface area contributed by atoms with Crippen LogP contribution >= 0.6 is 31.9 Å². The van der Waals surface area contributed by atoms with Gasteiger partial charge in [-0.05, 0) is 116 Å². The summed E-state index contributed by atoms with van der Waals surface area (Å²) in [6, 6.07) is 23.9. The van der Waals surface area contributed by atoms with Crippen LogP contribution in [0.1, 0.15) is 112 Å². The van der Waals surface area contributed by atoms with Crippen LogP contribution in [0, 0.1) is 0 Å². The second-order valence-corrected chi connectivity index (χ2v) is 13.5. The molecule has 0 radical (unpaired) electrons. The van der Waals surface area contributed by atoms with E-state index in [1.54, 1.807) is 16.7 Å². The Morgan fingerprint density at radius 3 is 1.62 bits per heavy atom. The molecule has 228 valence electrons. The van der Waals surface area contributed by atoms with Crippen LogP contribution in [-0.4, -0.2) is 6.61 Å². The summed E-state index contributed by atoms with van der Waals surface area (Å²) >= 11 is 6.90. The Balaban J connectivity index is 0.000000260. The fourth-order valence-corrected chi connectivity index (χ4v) is 5.94. The lowest BCUT2D eigenvalue weighted by Gasteiger charge is -2.19. The van der Waals surface area contributed by atoms with E-state index in [1.807, 2.05) is 30.3 Å². The number of rotatable bonds is 20. The minimum absolute atomic E-state index is 0.836. The first kappa shape index (κ1) is 34.6. The lowest BCUT2D eigenvalue weighted by atomic mass is 9.86. The molecule has 3 aromatic rings. The predicted molar refractivity (Wildman–Crippen MR) is 190 cm³/mol. The minimum atomic E-state index is 0.836. The van der Waals surface area contributed by atoms with E-state index in [9.17, 15) is 0 Å². The van der Waals surface area contributed by atoms with Gasteiger partial charge in [0.1, 0.15) is 5.75 Å². The summed E-state index contributed by atoms with van der Waals surface area (Å²) in [5, 5.41) is 0. The number of unbranched alkanes of at least 4 members (excludes halogenated alkanes) is 12. The fourth-order valence-electron chi connectivity index (χ4n) is 5.42. The first-order valence-electron chi connectivity index (χ1n) is 16.5. The molecular formula is C39H52Br2O. The summed E-state index contributed by atoms with van der Waals surface area (Å²) in [6.07, 6.45) is 25.6. The highest BCUT2D eigenvalue weighted by Crippen LogP contribution is 2.24. The zero-order valence-electron chi connectivity index (χ0n) is 25.7. The Labute approximate surface area is 273 Å². The average molecular weight is 697 g/mol. The number of ether oxygens (including phenoxy) is 1. The number of allylic oxidation sites excluding steroid dienone is 1. The maximum absolute atomic E-state index is 5.76. The van der Waals surface area contributed by atoms with E-state index in [0.29, 0.717) is 0 Å². The molecule has 0 saturated heterocycles. The second-order valence-electron chi connectivity index (χ2n) is 11.7. The van der Waals surface area contributed by atoms with E-state index >= 15 is 0 Å². The molecule has 0 bridgehead atoms. The van der Waals surface area contributed by atoms with Crippen molar-refractivity contribution < 1.29 is 4.74 Å². The van der Waals surface area contributed by atoms with Crippen molar-refractivity contribution in [3.05, 3.63) is 111 Å². The van der Waals surface area contributed by atoms with Crippen molar-refractivity contribution in [2.45, 2.75) is 116 Å². The summed E-state index contributed by atoms with van der Waals surface area (Å²) in [7, 11) is 0. The molecule has 1 aliphatic carbocycles. The number of hydrogen-bond acceptors (Lipinski definition) is 1. The summed E-state index contributed by atoms with van der Waals surface area (Å²) in [4.78, 5) is 0. The zero-order chi connectivity index (χ0) is 29.7. The molecule has 3 heteroatoms. The van der Waals surface area contributed by atoms with Gasteiger partial charge in [-0.2, -0.15) is 0 Å². The van der Waals surface area contributed by atoms with Gasteiger partial charge in [-0.25, -0.2) is 0 Å². The maximum Gasteiger partial charge on any atom is 0.119 e. The third-order valence-electron chi connectivity index (χ3n) is 8.16. The summed E-state index contributed by atoms with van der Waals surface area (Å²) in [5.74, 6) is 0.973. The SMILES string of the molecule is Brc1ccc(OCCCCCCCCCCc2ccc3c(c2)CC3)cc1.C=CCCCCCCCc1ccc(Br)cc1. The van der Waals surface area contributed by atoms with Gasteiger partial charge >= 0.3 is 0 Å². The van der Waals surface area contributed by atoms with Crippen molar-refractivity contribution >= 4 is 31.9 Å². The Hall–Kier alpha value is -1.84. The second kappa shape index (κ2) is 21.8. The molecule has 0 spiro atoms. The van der Waals surface area contributed by atoms with Crippen molar-refractivity contribution in [2.24, 2.45) is 0 Å². The van der Waals surface area contributed by atoms with Crippen LogP contribution in [0.5, 0.6) is 5.75 Å². The van der Waals surface area contributed by atoms with Crippen LogP contribution < -0.4 is 4.74 Å². The quantitative estimate of drug-likeness (QED) is 0.0844. The normalized spacial score (nSPS) is 11.7. The van der Waals surface area contributed by atoms with Gasteiger partial charge in [0.15, 0.2) is 0 Å². The number of hydrogen-bond donors (Lipinski definition) is 0.